The van der Waals surface area contributed by atoms with Gasteiger partial charge in [0.25, 0.3) is 0 Å². The molecule has 3 unspecified atom stereocenters. The minimum Gasteiger partial charge on any atom is -0.370 e. The Kier molecular flexibility index (Phi) is 9.78. The van der Waals surface area contributed by atoms with Crippen LogP contribution in [0.25, 0.3) is 0 Å². The number of benzene rings is 1. The molecule has 26 heavy (non-hydrogen) atoms. The summed E-state index contributed by atoms with van der Waals surface area (Å²) in [7, 11) is 0.0188. The summed E-state index contributed by atoms with van der Waals surface area (Å²) in [4.78, 5) is 0. The van der Waals surface area contributed by atoms with Gasteiger partial charge < -0.3 is 4.74 Å². The molecule has 1 aromatic carbocycles. The summed E-state index contributed by atoms with van der Waals surface area (Å²) in [6.07, 6.45) is 0.354. The topological polar surface area (TPSA) is 56.8 Å². The van der Waals surface area contributed by atoms with Crippen LogP contribution in [0.15, 0.2) is 42.5 Å². The molecule has 1 aliphatic rings. The lowest BCUT2D eigenvalue weighted by Crippen LogP contribution is -2.38. The van der Waals surface area contributed by atoms with Crippen molar-refractivity contribution in [2.24, 2.45) is 0 Å². The van der Waals surface area contributed by atoms with E-state index in [0.29, 0.717) is 25.5 Å². The van der Waals surface area contributed by atoms with E-state index >= 15 is 0 Å². The first kappa shape index (κ1) is 22.0. The van der Waals surface area contributed by atoms with E-state index < -0.39 is 7.75 Å². The fourth-order valence-electron chi connectivity index (χ4n) is 2.24. The molecule has 1 heterocycles. The second kappa shape index (κ2) is 11.5. The summed E-state index contributed by atoms with van der Waals surface area (Å²) in [6, 6.07) is 9.80. The lowest BCUT2D eigenvalue weighted by Gasteiger charge is -2.33. The van der Waals surface area contributed by atoms with Crippen LogP contribution in [0.3, 0.4) is 0 Å². The van der Waals surface area contributed by atoms with E-state index in [4.69, 9.17) is 13.8 Å². The molecule has 5 nitrogen and oxygen atoms in total. The lowest BCUT2D eigenvalue weighted by molar-refractivity contribution is -0.000720. The second-order valence-electron chi connectivity index (χ2n) is 6.17. The van der Waals surface area contributed by atoms with E-state index in [9.17, 15) is 4.57 Å². The van der Waals surface area contributed by atoms with Gasteiger partial charge in [-0.2, -0.15) is 0 Å². The molecule has 1 aliphatic heterocycles. The molecule has 0 amide bonds. The zero-order valence-electron chi connectivity index (χ0n) is 15.4. The Morgan fingerprint density at radius 3 is 2.62 bits per heavy atom. The van der Waals surface area contributed by atoms with Gasteiger partial charge in [0, 0.05) is 18.1 Å². The predicted octanol–water partition coefficient (Wildman–Crippen LogP) is 5.05. The number of hydrogen-bond donors (Lipinski definition) is 1. The Balaban J connectivity index is 2.01. The molecule has 1 aromatic rings. The van der Waals surface area contributed by atoms with E-state index in [-0.39, 0.29) is 12.2 Å². The zero-order valence-corrected chi connectivity index (χ0v) is 17.9. The molecule has 2 rings (SSSR count). The zero-order chi connectivity index (χ0) is 18.8. The summed E-state index contributed by atoms with van der Waals surface area (Å²) in [6.45, 7) is 9.06. The van der Waals surface area contributed by atoms with Crippen LogP contribution >= 0.6 is 29.3 Å². The molecule has 0 bridgehead atoms. The smallest absolute Gasteiger partial charge is 0.370 e. The fraction of sp³-hybridized carbons (Fsp3) is 0.556. The molecule has 1 saturated heterocycles. The Labute approximate surface area is 164 Å². The van der Waals surface area contributed by atoms with Crippen molar-refractivity contribution in [3.8, 4) is 0 Å². The van der Waals surface area contributed by atoms with Crippen LogP contribution in [-0.4, -0.2) is 36.9 Å². The highest BCUT2D eigenvalue weighted by Gasteiger charge is 2.36. The molecule has 1 N–H and O–H groups in total. The van der Waals surface area contributed by atoms with Crippen LogP contribution < -0.4 is 5.09 Å². The molecule has 3 atom stereocenters. The molecule has 0 aromatic heterocycles. The largest absolute Gasteiger partial charge is 0.406 e. The summed E-state index contributed by atoms with van der Waals surface area (Å²) in [5.74, 6) is 1.49. The summed E-state index contributed by atoms with van der Waals surface area (Å²) < 4.78 is 30.8. The average Bonchev–Trinajstić information content (AvgIpc) is 2.65. The highest BCUT2D eigenvalue weighted by atomic mass is 33.1. The minimum atomic E-state index is -3.43. The fourth-order valence-corrected chi connectivity index (χ4v) is 6.36. The number of hydrogen-bond acceptors (Lipinski definition) is 6. The van der Waals surface area contributed by atoms with E-state index in [0.717, 1.165) is 23.3 Å². The normalized spacial score (nSPS) is 22.7. The van der Waals surface area contributed by atoms with Gasteiger partial charge in [-0.1, -0.05) is 71.0 Å². The molecule has 146 valence electrons. The minimum absolute atomic E-state index is 0.130. The van der Waals surface area contributed by atoms with Gasteiger partial charge in [-0.3, -0.25) is 9.05 Å². The van der Waals surface area contributed by atoms with E-state index in [1.165, 1.54) is 0 Å². The van der Waals surface area contributed by atoms with Crippen LogP contribution in [0, 0.1) is 0 Å². The van der Waals surface area contributed by atoms with Gasteiger partial charge >= 0.3 is 7.75 Å². The van der Waals surface area contributed by atoms with Crippen LogP contribution in [-0.2, 0) is 24.9 Å². The Hall–Kier alpha value is -0.270. The lowest BCUT2D eigenvalue weighted by atomic mass is 10.2. The van der Waals surface area contributed by atoms with Gasteiger partial charge in [0.15, 0.2) is 0 Å². The quantitative estimate of drug-likeness (QED) is 0.307. The molecule has 0 spiro atoms. The number of nitrogens with one attached hydrogen (secondary N) is 1. The van der Waals surface area contributed by atoms with Crippen molar-refractivity contribution >= 4 is 29.3 Å². The third kappa shape index (κ3) is 7.77. The van der Waals surface area contributed by atoms with Gasteiger partial charge in [-0.05, 0) is 18.9 Å². The monoisotopic (exact) mass is 417 g/mol. The third-order valence-corrected chi connectivity index (χ3v) is 7.59. The Morgan fingerprint density at radius 2 is 1.96 bits per heavy atom. The van der Waals surface area contributed by atoms with Gasteiger partial charge in [-0.25, -0.2) is 9.65 Å². The first-order valence-corrected chi connectivity index (χ1v) is 12.8. The van der Waals surface area contributed by atoms with Gasteiger partial charge in [0.2, 0.25) is 0 Å². The Morgan fingerprint density at radius 1 is 1.27 bits per heavy atom. The summed E-state index contributed by atoms with van der Waals surface area (Å²) in [5, 5.41) is 3.00. The van der Waals surface area contributed by atoms with Crippen LogP contribution in [0.1, 0.15) is 25.8 Å². The van der Waals surface area contributed by atoms with Crippen LogP contribution in [0.5, 0.6) is 0 Å². The first-order valence-electron chi connectivity index (χ1n) is 8.75. The maximum absolute atomic E-state index is 13.3. The van der Waals surface area contributed by atoms with Gasteiger partial charge in [0.05, 0.1) is 19.3 Å². The van der Waals surface area contributed by atoms with Crippen LogP contribution in [0.4, 0.5) is 0 Å². The maximum atomic E-state index is 13.3. The van der Waals surface area contributed by atoms with Crippen molar-refractivity contribution in [1.82, 2.24) is 5.09 Å². The summed E-state index contributed by atoms with van der Waals surface area (Å²) >= 11 is 0. The van der Waals surface area contributed by atoms with Crippen molar-refractivity contribution in [2.45, 2.75) is 39.0 Å². The highest BCUT2D eigenvalue weighted by Crippen LogP contribution is 2.48. The van der Waals surface area contributed by atoms with Crippen LogP contribution in [0.2, 0.25) is 0 Å². The van der Waals surface area contributed by atoms with Gasteiger partial charge in [0.1, 0.15) is 6.10 Å². The molecule has 0 radical (unpaired) electrons. The predicted molar refractivity (Wildman–Crippen MR) is 111 cm³/mol. The van der Waals surface area contributed by atoms with Crippen molar-refractivity contribution in [2.75, 3.05) is 24.7 Å². The summed E-state index contributed by atoms with van der Waals surface area (Å²) in [5.41, 5.74) is 1.99. The highest BCUT2D eigenvalue weighted by molar-refractivity contribution is 8.76. The van der Waals surface area contributed by atoms with E-state index in [1.54, 1.807) is 21.6 Å². The standard InChI is InChI=1S/C18H28NO4PS2/c1-4-10-22-24(20,19-11-16-8-6-5-7-9-16)23-18-14-26-25-13-17(18)21-12-15(2)3/h5-9,17-18H,2,4,10-14H2,1,3H3,(H,19,20). The molecule has 0 aliphatic carbocycles. The van der Waals surface area contributed by atoms with Gasteiger partial charge in [-0.15, -0.1) is 0 Å². The van der Waals surface area contributed by atoms with Crippen molar-refractivity contribution in [1.29, 1.82) is 0 Å². The molecular formula is C18H28NO4PS2. The maximum Gasteiger partial charge on any atom is 0.406 e. The van der Waals surface area contributed by atoms with E-state index in [1.807, 2.05) is 44.2 Å². The van der Waals surface area contributed by atoms with Crippen molar-refractivity contribution in [3.63, 3.8) is 0 Å². The first-order chi connectivity index (χ1) is 12.5. The third-order valence-electron chi connectivity index (χ3n) is 3.57. The second-order valence-corrected chi connectivity index (χ2v) is 10.5. The molecular weight excluding hydrogens is 389 g/mol. The van der Waals surface area contributed by atoms with E-state index in [2.05, 4.69) is 11.7 Å². The molecule has 0 saturated carbocycles. The SMILES string of the molecule is C=C(C)COC1CSSCC1OP(=O)(NCc1ccccc1)OCCC. The molecule has 8 heteroatoms. The van der Waals surface area contributed by atoms with Crippen molar-refractivity contribution in [3.05, 3.63) is 48.0 Å². The van der Waals surface area contributed by atoms with Crippen molar-refractivity contribution < 1.29 is 18.3 Å². The molecule has 1 fully saturated rings. The Bertz CT molecular complexity index is 602. The average molecular weight is 418 g/mol. The number of ether oxygens (including phenoxy) is 1. The number of rotatable bonds is 11.